The van der Waals surface area contributed by atoms with Gasteiger partial charge in [0.25, 0.3) is 5.91 Å². The molecule has 1 aliphatic heterocycles. The van der Waals surface area contributed by atoms with Gasteiger partial charge in [0.1, 0.15) is 5.76 Å². The number of alkyl halides is 3. The molecule has 41 heavy (non-hydrogen) atoms. The third kappa shape index (κ3) is 6.96. The van der Waals surface area contributed by atoms with Crippen LogP contribution in [0.3, 0.4) is 0 Å². The molecule has 12 heteroatoms. The van der Waals surface area contributed by atoms with Crippen molar-refractivity contribution in [2.45, 2.75) is 32.4 Å². The van der Waals surface area contributed by atoms with Crippen LogP contribution in [-0.2, 0) is 22.2 Å². The van der Waals surface area contributed by atoms with Gasteiger partial charge in [-0.2, -0.15) is 18.4 Å². The lowest BCUT2D eigenvalue weighted by Crippen LogP contribution is -2.31. The Labute approximate surface area is 243 Å². The molecule has 3 aromatic rings. The molecule has 0 radical (unpaired) electrons. The molecular weight excluding hydrogens is 577 g/mol. The minimum atomic E-state index is -4.61. The van der Waals surface area contributed by atoms with E-state index in [2.05, 4.69) is 22.0 Å². The summed E-state index contributed by atoms with van der Waals surface area (Å²) in [4.78, 5) is 26.1. The van der Waals surface area contributed by atoms with Crippen LogP contribution in [0.4, 0.5) is 24.5 Å². The monoisotopic (exact) mass is 600 g/mol. The van der Waals surface area contributed by atoms with E-state index >= 15 is 0 Å². The fourth-order valence-electron chi connectivity index (χ4n) is 4.21. The van der Waals surface area contributed by atoms with Gasteiger partial charge in [-0.3, -0.25) is 9.59 Å². The SMILES string of the molecule is CCc1ccc(NC(=O)C2=C(C)NC(SCC(=O)Nc3cc(C(F)(F)F)ccc3Cl)=C(C#N)[C@H]2c2ccco2)cc1. The number of carbonyl (C=O) groups is 2. The average Bonchev–Trinajstić information content (AvgIpc) is 3.47. The number of benzene rings is 2. The molecule has 2 aromatic carbocycles. The molecule has 0 unspecified atom stereocenters. The summed E-state index contributed by atoms with van der Waals surface area (Å²) in [6.07, 6.45) is -2.32. The minimum absolute atomic E-state index is 0.0549. The van der Waals surface area contributed by atoms with Crippen molar-refractivity contribution in [2.75, 3.05) is 16.4 Å². The number of hydrogen-bond donors (Lipinski definition) is 3. The van der Waals surface area contributed by atoms with Crippen LogP contribution >= 0.6 is 23.4 Å². The first kappa shape index (κ1) is 29.8. The number of thioether (sulfide) groups is 1. The third-order valence-corrected chi connectivity index (χ3v) is 7.60. The van der Waals surface area contributed by atoms with Crippen molar-refractivity contribution >= 4 is 46.6 Å². The first-order valence-corrected chi connectivity index (χ1v) is 13.7. The van der Waals surface area contributed by atoms with Crippen LogP contribution in [0.5, 0.6) is 0 Å². The second-order valence-electron chi connectivity index (χ2n) is 9.00. The van der Waals surface area contributed by atoms with E-state index in [4.69, 9.17) is 16.0 Å². The highest BCUT2D eigenvalue weighted by molar-refractivity contribution is 8.03. The van der Waals surface area contributed by atoms with E-state index in [9.17, 15) is 28.0 Å². The Hall–Kier alpha value is -4.14. The number of nitriles is 1. The van der Waals surface area contributed by atoms with E-state index in [1.807, 2.05) is 19.1 Å². The Kier molecular flexibility index (Phi) is 9.15. The number of nitrogens with one attached hydrogen (secondary N) is 3. The molecule has 2 heterocycles. The lowest BCUT2D eigenvalue weighted by molar-refractivity contribution is -0.137. The Morgan fingerprint density at radius 1 is 1.15 bits per heavy atom. The summed E-state index contributed by atoms with van der Waals surface area (Å²) in [5.41, 5.74) is 1.40. The normalized spacial score (nSPS) is 15.3. The Balaban J connectivity index is 1.56. The molecule has 1 atom stereocenters. The summed E-state index contributed by atoms with van der Waals surface area (Å²) in [5, 5.41) is 18.7. The predicted octanol–water partition coefficient (Wildman–Crippen LogP) is 7.22. The fourth-order valence-corrected chi connectivity index (χ4v) is 5.27. The molecule has 3 N–H and O–H groups in total. The zero-order chi connectivity index (χ0) is 29.7. The van der Waals surface area contributed by atoms with Gasteiger partial charge < -0.3 is 20.4 Å². The fraction of sp³-hybridized carbons (Fsp3) is 0.207. The zero-order valence-electron chi connectivity index (χ0n) is 21.9. The van der Waals surface area contributed by atoms with Crippen LogP contribution in [0.25, 0.3) is 0 Å². The summed E-state index contributed by atoms with van der Waals surface area (Å²) in [6, 6.07) is 15.4. The number of allylic oxidation sites excluding steroid dienone is 2. The van der Waals surface area contributed by atoms with Crippen molar-refractivity contribution in [1.29, 1.82) is 5.26 Å². The first-order chi connectivity index (χ1) is 19.5. The molecule has 212 valence electrons. The maximum atomic E-state index is 13.5. The van der Waals surface area contributed by atoms with Crippen LogP contribution in [-0.4, -0.2) is 17.6 Å². The van der Waals surface area contributed by atoms with Crippen LogP contribution < -0.4 is 16.0 Å². The molecule has 0 bridgehead atoms. The molecule has 0 saturated carbocycles. The van der Waals surface area contributed by atoms with Gasteiger partial charge in [0, 0.05) is 11.4 Å². The minimum Gasteiger partial charge on any atom is -0.468 e. The molecule has 1 aliphatic rings. The van der Waals surface area contributed by atoms with Crippen molar-refractivity contribution in [3.8, 4) is 6.07 Å². The second-order valence-corrected chi connectivity index (χ2v) is 10.4. The van der Waals surface area contributed by atoms with Crippen molar-refractivity contribution in [1.82, 2.24) is 5.32 Å². The quantitative estimate of drug-likeness (QED) is 0.252. The van der Waals surface area contributed by atoms with Gasteiger partial charge in [-0.1, -0.05) is 42.4 Å². The molecule has 0 spiro atoms. The van der Waals surface area contributed by atoms with Crippen LogP contribution in [0.1, 0.15) is 36.7 Å². The summed E-state index contributed by atoms with van der Waals surface area (Å²) in [7, 11) is 0. The molecule has 0 saturated heterocycles. The number of furan rings is 1. The van der Waals surface area contributed by atoms with Gasteiger partial charge in [0.2, 0.25) is 5.91 Å². The zero-order valence-corrected chi connectivity index (χ0v) is 23.4. The highest BCUT2D eigenvalue weighted by Gasteiger charge is 2.37. The van der Waals surface area contributed by atoms with Gasteiger partial charge in [-0.25, -0.2) is 0 Å². The third-order valence-electron chi connectivity index (χ3n) is 6.26. The topological polar surface area (TPSA) is 107 Å². The lowest BCUT2D eigenvalue weighted by atomic mass is 9.85. The van der Waals surface area contributed by atoms with E-state index in [0.29, 0.717) is 22.2 Å². The molecule has 7 nitrogen and oxygen atoms in total. The van der Waals surface area contributed by atoms with E-state index in [0.717, 1.165) is 41.9 Å². The van der Waals surface area contributed by atoms with E-state index in [1.165, 1.54) is 6.26 Å². The smallest absolute Gasteiger partial charge is 0.416 e. The highest BCUT2D eigenvalue weighted by Crippen LogP contribution is 2.41. The van der Waals surface area contributed by atoms with Gasteiger partial charge in [-0.05, 0) is 61.4 Å². The number of halogens is 4. The molecular formula is C29H24ClF3N4O3S. The first-order valence-electron chi connectivity index (χ1n) is 12.4. The number of rotatable bonds is 8. The van der Waals surface area contributed by atoms with Gasteiger partial charge in [0.05, 0.1) is 56.5 Å². The number of nitrogens with zero attached hydrogens (tertiary/aromatic N) is 1. The average molecular weight is 601 g/mol. The molecule has 1 aromatic heterocycles. The number of amides is 2. The van der Waals surface area contributed by atoms with Crippen LogP contribution in [0.2, 0.25) is 5.02 Å². The van der Waals surface area contributed by atoms with E-state index in [1.54, 1.807) is 31.2 Å². The lowest BCUT2D eigenvalue weighted by Gasteiger charge is -2.28. The summed E-state index contributed by atoms with van der Waals surface area (Å²) in [6.45, 7) is 3.70. The molecule has 0 aliphatic carbocycles. The predicted molar refractivity (Wildman–Crippen MR) is 152 cm³/mol. The second kappa shape index (κ2) is 12.6. The summed E-state index contributed by atoms with van der Waals surface area (Å²) < 4.78 is 44.9. The number of anilines is 2. The van der Waals surface area contributed by atoms with Gasteiger partial charge >= 0.3 is 6.18 Å². The van der Waals surface area contributed by atoms with Crippen molar-refractivity contribution < 1.29 is 27.2 Å². The largest absolute Gasteiger partial charge is 0.468 e. The molecule has 4 rings (SSSR count). The molecule has 0 fully saturated rings. The van der Waals surface area contributed by atoms with E-state index < -0.39 is 29.5 Å². The van der Waals surface area contributed by atoms with Gasteiger partial charge in [0.15, 0.2) is 0 Å². The number of dihydropyridines is 1. The Morgan fingerprint density at radius 2 is 1.88 bits per heavy atom. The number of aryl methyl sites for hydroxylation is 1. The molecule has 2 amide bonds. The summed E-state index contributed by atoms with van der Waals surface area (Å²) >= 11 is 6.95. The van der Waals surface area contributed by atoms with Crippen molar-refractivity contribution in [3.05, 3.63) is 105 Å². The number of hydrogen-bond acceptors (Lipinski definition) is 6. The van der Waals surface area contributed by atoms with Crippen LogP contribution in [0, 0.1) is 11.3 Å². The van der Waals surface area contributed by atoms with E-state index in [-0.39, 0.29) is 27.6 Å². The van der Waals surface area contributed by atoms with Crippen molar-refractivity contribution in [3.63, 3.8) is 0 Å². The maximum Gasteiger partial charge on any atom is 0.416 e. The van der Waals surface area contributed by atoms with Crippen molar-refractivity contribution in [2.24, 2.45) is 0 Å². The number of carbonyl (C=O) groups excluding carboxylic acids is 2. The standard InChI is InChI=1S/C29H24ClF3N4O3S/c1-3-17-6-9-19(10-7-17)36-27(39)25-16(2)35-28(20(14-34)26(25)23-5-4-12-40-23)41-15-24(38)37-22-13-18(29(31,32)33)8-11-21(22)30/h4-13,26,35H,3,15H2,1-2H3,(H,36,39)(H,37,38)/t26-/m0/s1. The van der Waals surface area contributed by atoms with Crippen LogP contribution in [0.15, 0.2) is 87.1 Å². The highest BCUT2D eigenvalue weighted by atomic mass is 35.5. The Morgan fingerprint density at radius 3 is 2.49 bits per heavy atom. The summed E-state index contributed by atoms with van der Waals surface area (Å²) in [5.74, 6) is -1.85. The van der Waals surface area contributed by atoms with Gasteiger partial charge in [-0.15, -0.1) is 0 Å². The maximum absolute atomic E-state index is 13.5. The Bertz CT molecular complexity index is 1560.